The van der Waals surface area contributed by atoms with E-state index in [9.17, 15) is 4.79 Å². The zero-order valence-corrected chi connectivity index (χ0v) is 11.1. The summed E-state index contributed by atoms with van der Waals surface area (Å²) in [4.78, 5) is 15.7. The molecule has 0 saturated heterocycles. The summed E-state index contributed by atoms with van der Waals surface area (Å²) in [5.74, 6) is -0.902. The van der Waals surface area contributed by atoms with E-state index in [1.54, 1.807) is 0 Å². The lowest BCUT2D eigenvalue weighted by Gasteiger charge is -2.12. The number of carboxylic acids is 1. The lowest BCUT2D eigenvalue weighted by atomic mass is 10.0. The smallest absolute Gasteiger partial charge is 0.326 e. The fraction of sp³-hybridized carbons (Fsp3) is 0.286. The Hall–Kier alpha value is -2.30. The van der Waals surface area contributed by atoms with Crippen LogP contribution in [0.15, 0.2) is 42.2 Å². The number of nitrogens with zero attached hydrogens (tertiary/aromatic N) is 1. The second-order valence-corrected chi connectivity index (χ2v) is 4.02. The Labute approximate surface area is 112 Å². The predicted molar refractivity (Wildman–Crippen MR) is 74.1 cm³/mol. The van der Waals surface area contributed by atoms with Gasteiger partial charge in [-0.05, 0) is 24.3 Å². The van der Waals surface area contributed by atoms with Crippen LogP contribution in [0, 0.1) is 0 Å². The molecule has 1 unspecified atom stereocenters. The van der Waals surface area contributed by atoms with Crippen LogP contribution >= 0.6 is 0 Å². The maximum absolute atomic E-state index is 11.0. The van der Waals surface area contributed by atoms with Gasteiger partial charge < -0.3 is 15.3 Å². The highest BCUT2D eigenvalue weighted by molar-refractivity contribution is 5.98. The second kappa shape index (κ2) is 7.20. The summed E-state index contributed by atoms with van der Waals surface area (Å²) in [5, 5.41) is 15.6. The Morgan fingerprint density at radius 3 is 2.63 bits per heavy atom. The molecule has 1 rings (SSSR count). The zero-order chi connectivity index (χ0) is 14.3. The molecule has 0 heterocycles. The van der Waals surface area contributed by atoms with Gasteiger partial charge in [0.1, 0.15) is 13.2 Å². The van der Waals surface area contributed by atoms with Gasteiger partial charge in [0.25, 0.3) is 0 Å². The number of carbonyl (C=O) groups is 1. The molecule has 19 heavy (non-hydrogen) atoms. The van der Waals surface area contributed by atoms with Crippen molar-refractivity contribution in [2.24, 2.45) is 5.16 Å². The van der Waals surface area contributed by atoms with Crippen LogP contribution in [0.4, 0.5) is 0 Å². The van der Waals surface area contributed by atoms with Crippen LogP contribution in [0.2, 0.25) is 0 Å². The van der Waals surface area contributed by atoms with Gasteiger partial charge in [-0.1, -0.05) is 36.0 Å². The number of benzene rings is 1. The fourth-order valence-electron chi connectivity index (χ4n) is 1.67. The number of nitrogens with one attached hydrogen (secondary N) is 1. The van der Waals surface area contributed by atoms with E-state index < -0.39 is 12.0 Å². The van der Waals surface area contributed by atoms with E-state index >= 15 is 0 Å². The Balaban J connectivity index is 2.78. The number of carboxylic acid groups (broad SMARTS) is 1. The zero-order valence-electron chi connectivity index (χ0n) is 11.1. The van der Waals surface area contributed by atoms with Crippen molar-refractivity contribution in [2.45, 2.75) is 19.4 Å². The van der Waals surface area contributed by atoms with Gasteiger partial charge in [0.05, 0.1) is 5.71 Å². The molecule has 1 aromatic carbocycles. The molecule has 0 aliphatic heterocycles. The van der Waals surface area contributed by atoms with E-state index in [-0.39, 0.29) is 0 Å². The minimum Gasteiger partial charge on any atom is -0.480 e. The summed E-state index contributed by atoms with van der Waals surface area (Å²) >= 11 is 0. The first-order valence-corrected chi connectivity index (χ1v) is 5.85. The van der Waals surface area contributed by atoms with Crippen LogP contribution in [-0.2, 0) is 16.1 Å². The van der Waals surface area contributed by atoms with Crippen LogP contribution in [-0.4, -0.2) is 29.9 Å². The molecule has 0 aliphatic rings. The third kappa shape index (κ3) is 4.46. The first-order valence-electron chi connectivity index (χ1n) is 5.85. The molecule has 5 heteroatoms. The van der Waals surface area contributed by atoms with Gasteiger partial charge in [0.2, 0.25) is 0 Å². The van der Waals surface area contributed by atoms with Crippen molar-refractivity contribution < 1.29 is 14.7 Å². The van der Waals surface area contributed by atoms with E-state index in [4.69, 9.17) is 9.94 Å². The molecule has 0 radical (unpaired) electrons. The highest BCUT2D eigenvalue weighted by Crippen LogP contribution is 2.08. The van der Waals surface area contributed by atoms with Crippen LogP contribution < -0.4 is 5.32 Å². The molecule has 0 bridgehead atoms. The second-order valence-electron chi connectivity index (χ2n) is 4.02. The minimum absolute atomic E-state index is 0.391. The first kappa shape index (κ1) is 14.8. The largest absolute Gasteiger partial charge is 0.480 e. The molecule has 1 aromatic rings. The van der Waals surface area contributed by atoms with Crippen molar-refractivity contribution in [3.8, 4) is 0 Å². The van der Waals surface area contributed by atoms with Gasteiger partial charge in [-0.25, -0.2) is 4.79 Å². The summed E-state index contributed by atoms with van der Waals surface area (Å²) in [7, 11) is 1.50. The predicted octanol–water partition coefficient (Wildman–Crippen LogP) is 1.79. The van der Waals surface area contributed by atoms with Crippen molar-refractivity contribution in [2.75, 3.05) is 7.11 Å². The van der Waals surface area contributed by atoms with Gasteiger partial charge in [-0.2, -0.15) is 0 Å². The Morgan fingerprint density at radius 1 is 1.53 bits per heavy atom. The molecule has 1 atom stereocenters. The number of rotatable bonds is 7. The molecular formula is C14H18N2O3. The third-order valence-corrected chi connectivity index (χ3v) is 2.66. The van der Waals surface area contributed by atoms with Gasteiger partial charge in [0, 0.05) is 6.42 Å². The molecule has 0 aromatic heterocycles. The highest BCUT2D eigenvalue weighted by Gasteiger charge is 2.15. The lowest BCUT2D eigenvalue weighted by molar-refractivity contribution is -0.139. The Bertz CT molecular complexity index is 466. The average molecular weight is 262 g/mol. The maximum Gasteiger partial charge on any atom is 0.326 e. The number of hydrogen-bond donors (Lipinski definition) is 2. The van der Waals surface area contributed by atoms with Crippen LogP contribution in [0.5, 0.6) is 0 Å². The van der Waals surface area contributed by atoms with Crippen LogP contribution in [0.25, 0.3) is 0 Å². The summed E-state index contributed by atoms with van der Waals surface area (Å²) in [5.41, 5.74) is 2.64. The van der Waals surface area contributed by atoms with E-state index in [1.165, 1.54) is 13.3 Å². The summed E-state index contributed by atoms with van der Waals surface area (Å²) in [6.07, 6.45) is 1.78. The van der Waals surface area contributed by atoms with E-state index in [0.29, 0.717) is 6.42 Å². The normalized spacial score (nSPS) is 12.6. The molecule has 0 fully saturated rings. The SMILES string of the molecule is C=CNC(Cc1ccc(/C(C)=N\OC)cc1)C(=O)O. The number of oxime groups is 1. The third-order valence-electron chi connectivity index (χ3n) is 2.66. The molecule has 5 nitrogen and oxygen atoms in total. The monoisotopic (exact) mass is 262 g/mol. The van der Waals surface area contributed by atoms with E-state index in [0.717, 1.165) is 16.8 Å². The number of aliphatic carboxylic acids is 1. The molecule has 0 aliphatic carbocycles. The summed E-state index contributed by atoms with van der Waals surface area (Å²) in [6.45, 7) is 5.32. The van der Waals surface area contributed by atoms with Crippen molar-refractivity contribution in [3.63, 3.8) is 0 Å². The Kier molecular flexibility index (Phi) is 5.60. The summed E-state index contributed by atoms with van der Waals surface area (Å²) in [6, 6.07) is 6.87. The van der Waals surface area contributed by atoms with Crippen molar-refractivity contribution in [1.82, 2.24) is 5.32 Å². The molecule has 2 N–H and O–H groups in total. The molecule has 0 spiro atoms. The van der Waals surface area contributed by atoms with Gasteiger partial charge in [0.15, 0.2) is 0 Å². The fourth-order valence-corrected chi connectivity index (χ4v) is 1.67. The minimum atomic E-state index is -0.902. The van der Waals surface area contributed by atoms with Gasteiger partial charge in [-0.15, -0.1) is 0 Å². The van der Waals surface area contributed by atoms with E-state index in [1.807, 2.05) is 31.2 Å². The van der Waals surface area contributed by atoms with Crippen molar-refractivity contribution in [1.29, 1.82) is 0 Å². The highest BCUT2D eigenvalue weighted by atomic mass is 16.6. The molecule has 0 amide bonds. The Morgan fingerprint density at radius 2 is 2.16 bits per heavy atom. The van der Waals surface area contributed by atoms with E-state index in [2.05, 4.69) is 17.1 Å². The van der Waals surface area contributed by atoms with Gasteiger partial charge >= 0.3 is 5.97 Å². The molecule has 0 saturated carbocycles. The average Bonchev–Trinajstić information content (AvgIpc) is 2.39. The van der Waals surface area contributed by atoms with Crippen molar-refractivity contribution >= 4 is 11.7 Å². The quantitative estimate of drug-likeness (QED) is 0.580. The number of hydrogen-bond acceptors (Lipinski definition) is 4. The lowest BCUT2D eigenvalue weighted by Crippen LogP contribution is -2.34. The molecular weight excluding hydrogens is 244 g/mol. The summed E-state index contributed by atoms with van der Waals surface area (Å²) < 4.78 is 0. The first-order chi connectivity index (χ1) is 9.08. The maximum atomic E-state index is 11.0. The van der Waals surface area contributed by atoms with Gasteiger partial charge in [-0.3, -0.25) is 0 Å². The topological polar surface area (TPSA) is 70.9 Å². The van der Waals surface area contributed by atoms with Crippen molar-refractivity contribution in [3.05, 3.63) is 48.2 Å². The molecule has 102 valence electrons. The van der Waals surface area contributed by atoms with Crippen LogP contribution in [0.1, 0.15) is 18.1 Å². The standard InChI is InChI=1S/C14H18N2O3/c1-4-15-13(14(17)18)9-11-5-7-12(8-6-11)10(2)16-19-3/h4-8,13,15H,1,9H2,2-3H3,(H,17,18)/b16-10-. The van der Waals surface area contributed by atoms with Crippen LogP contribution in [0.3, 0.4) is 0 Å².